The summed E-state index contributed by atoms with van der Waals surface area (Å²) in [6, 6.07) is 6.35. The molecule has 15 heavy (non-hydrogen) atoms. The Morgan fingerprint density at radius 3 is 3.13 bits per heavy atom. The number of ether oxygens (including phenoxy) is 1. The molecule has 0 amide bonds. The summed E-state index contributed by atoms with van der Waals surface area (Å²) >= 11 is 0. The van der Waals surface area contributed by atoms with Crippen LogP contribution in [0, 0.1) is 0 Å². The average molecular weight is 207 g/mol. The minimum absolute atomic E-state index is 0.213. The molecule has 1 aromatic rings. The van der Waals surface area contributed by atoms with Crippen LogP contribution < -0.4 is 4.74 Å². The molecular weight excluding hydrogens is 190 g/mol. The summed E-state index contributed by atoms with van der Waals surface area (Å²) in [6.45, 7) is 2.62. The van der Waals surface area contributed by atoms with Gasteiger partial charge in [0.2, 0.25) is 0 Å². The molecule has 0 saturated heterocycles. The summed E-state index contributed by atoms with van der Waals surface area (Å²) in [7, 11) is 2.01. The molecule has 1 aliphatic rings. The third-order valence-corrected chi connectivity index (χ3v) is 2.69. The number of hydrogen-bond acceptors (Lipinski definition) is 3. The van der Waals surface area contributed by atoms with E-state index < -0.39 is 0 Å². The van der Waals surface area contributed by atoms with Gasteiger partial charge in [0.15, 0.2) is 0 Å². The Balaban J connectivity index is 2.03. The van der Waals surface area contributed by atoms with Gasteiger partial charge in [-0.05, 0) is 24.2 Å². The van der Waals surface area contributed by atoms with Gasteiger partial charge >= 0.3 is 0 Å². The van der Waals surface area contributed by atoms with Gasteiger partial charge in [0, 0.05) is 19.5 Å². The molecule has 3 heteroatoms. The fraction of sp³-hybridized carbons (Fsp3) is 0.500. The van der Waals surface area contributed by atoms with Crippen LogP contribution in [-0.2, 0) is 13.0 Å². The maximum atomic E-state index is 8.81. The minimum Gasteiger partial charge on any atom is -0.493 e. The molecule has 0 spiro atoms. The van der Waals surface area contributed by atoms with Crippen LogP contribution in [0.25, 0.3) is 0 Å². The van der Waals surface area contributed by atoms with Crippen molar-refractivity contribution in [3.8, 4) is 5.75 Å². The standard InChI is InChI=1S/C12H17NO2/c1-13(5-6-14)9-10-2-3-12-11(8-10)4-7-15-12/h2-3,8,14H,4-7,9H2,1H3. The van der Waals surface area contributed by atoms with Gasteiger partial charge in [-0.15, -0.1) is 0 Å². The van der Waals surface area contributed by atoms with Gasteiger partial charge in [-0.2, -0.15) is 0 Å². The van der Waals surface area contributed by atoms with Gasteiger partial charge in [-0.3, -0.25) is 4.90 Å². The SMILES string of the molecule is CN(CCO)Cc1ccc2c(c1)CCO2. The van der Waals surface area contributed by atoms with E-state index in [1.54, 1.807) is 0 Å². The van der Waals surface area contributed by atoms with Crippen molar-refractivity contribution < 1.29 is 9.84 Å². The van der Waals surface area contributed by atoms with Crippen LogP contribution in [0.2, 0.25) is 0 Å². The maximum Gasteiger partial charge on any atom is 0.122 e. The molecule has 0 atom stereocenters. The number of hydrogen-bond donors (Lipinski definition) is 1. The summed E-state index contributed by atoms with van der Waals surface area (Å²) in [4.78, 5) is 2.11. The first-order chi connectivity index (χ1) is 7.29. The van der Waals surface area contributed by atoms with Gasteiger partial charge < -0.3 is 9.84 Å². The topological polar surface area (TPSA) is 32.7 Å². The van der Waals surface area contributed by atoms with E-state index in [0.29, 0.717) is 6.54 Å². The third kappa shape index (κ3) is 2.49. The summed E-state index contributed by atoms with van der Waals surface area (Å²) < 4.78 is 5.45. The number of fused-ring (bicyclic) bond motifs is 1. The first kappa shape index (κ1) is 10.5. The van der Waals surface area contributed by atoms with Crippen molar-refractivity contribution in [2.75, 3.05) is 26.8 Å². The molecular formula is C12H17NO2. The van der Waals surface area contributed by atoms with E-state index in [1.165, 1.54) is 11.1 Å². The highest BCUT2D eigenvalue weighted by Gasteiger charge is 2.12. The molecule has 0 radical (unpaired) electrons. The van der Waals surface area contributed by atoms with Gasteiger partial charge in [-0.25, -0.2) is 0 Å². The van der Waals surface area contributed by atoms with E-state index in [4.69, 9.17) is 9.84 Å². The lowest BCUT2D eigenvalue weighted by molar-refractivity contribution is 0.217. The van der Waals surface area contributed by atoms with E-state index in [-0.39, 0.29) is 6.61 Å². The van der Waals surface area contributed by atoms with Crippen molar-refractivity contribution >= 4 is 0 Å². The number of nitrogens with zero attached hydrogens (tertiary/aromatic N) is 1. The average Bonchev–Trinajstić information content (AvgIpc) is 2.65. The molecule has 82 valence electrons. The van der Waals surface area contributed by atoms with Gasteiger partial charge in [-0.1, -0.05) is 12.1 Å². The Bertz CT molecular complexity index is 338. The molecule has 2 rings (SSSR count). The zero-order valence-corrected chi connectivity index (χ0v) is 9.07. The Morgan fingerprint density at radius 1 is 1.47 bits per heavy atom. The summed E-state index contributed by atoms with van der Waals surface area (Å²) in [5.74, 6) is 1.03. The van der Waals surface area contributed by atoms with Crippen LogP contribution in [0.5, 0.6) is 5.75 Å². The number of rotatable bonds is 4. The number of aliphatic hydroxyl groups excluding tert-OH is 1. The fourth-order valence-corrected chi connectivity index (χ4v) is 1.90. The summed E-state index contributed by atoms with van der Waals surface area (Å²) in [6.07, 6.45) is 1.02. The lowest BCUT2D eigenvalue weighted by atomic mass is 10.1. The third-order valence-electron chi connectivity index (χ3n) is 2.69. The Hall–Kier alpha value is -1.06. The van der Waals surface area contributed by atoms with Crippen molar-refractivity contribution in [1.29, 1.82) is 0 Å². The lowest BCUT2D eigenvalue weighted by Crippen LogP contribution is -2.21. The smallest absolute Gasteiger partial charge is 0.122 e. The number of aliphatic hydroxyl groups is 1. The highest BCUT2D eigenvalue weighted by molar-refractivity contribution is 5.39. The van der Waals surface area contributed by atoms with Crippen LogP contribution in [0.3, 0.4) is 0 Å². The number of benzene rings is 1. The molecule has 1 N–H and O–H groups in total. The van der Waals surface area contributed by atoms with Crippen molar-refractivity contribution in [1.82, 2.24) is 4.90 Å². The molecule has 0 unspecified atom stereocenters. The predicted octanol–water partition coefficient (Wildman–Crippen LogP) is 1.05. The van der Waals surface area contributed by atoms with Crippen molar-refractivity contribution in [2.24, 2.45) is 0 Å². The van der Waals surface area contributed by atoms with Gasteiger partial charge in [0.05, 0.1) is 13.2 Å². The molecule has 0 aliphatic carbocycles. The Labute approximate surface area is 90.3 Å². The minimum atomic E-state index is 0.213. The molecule has 0 aromatic heterocycles. The predicted molar refractivity (Wildman–Crippen MR) is 59.1 cm³/mol. The quantitative estimate of drug-likeness (QED) is 0.801. The van der Waals surface area contributed by atoms with Crippen molar-refractivity contribution in [3.63, 3.8) is 0 Å². The van der Waals surface area contributed by atoms with E-state index in [9.17, 15) is 0 Å². The maximum absolute atomic E-state index is 8.81. The Morgan fingerprint density at radius 2 is 2.33 bits per heavy atom. The fourth-order valence-electron chi connectivity index (χ4n) is 1.90. The van der Waals surface area contributed by atoms with Crippen molar-refractivity contribution in [2.45, 2.75) is 13.0 Å². The van der Waals surface area contributed by atoms with Gasteiger partial charge in [0.25, 0.3) is 0 Å². The van der Waals surface area contributed by atoms with Crippen LogP contribution in [0.1, 0.15) is 11.1 Å². The second-order valence-corrected chi connectivity index (χ2v) is 4.00. The molecule has 3 nitrogen and oxygen atoms in total. The van der Waals surface area contributed by atoms with Crippen LogP contribution in [0.15, 0.2) is 18.2 Å². The van der Waals surface area contributed by atoms with Crippen LogP contribution >= 0.6 is 0 Å². The summed E-state index contributed by atoms with van der Waals surface area (Å²) in [5, 5.41) is 8.81. The highest BCUT2D eigenvalue weighted by Crippen LogP contribution is 2.26. The zero-order chi connectivity index (χ0) is 10.7. The molecule has 0 saturated carbocycles. The summed E-state index contributed by atoms with van der Waals surface area (Å²) in [5.41, 5.74) is 2.60. The van der Waals surface area contributed by atoms with Crippen molar-refractivity contribution in [3.05, 3.63) is 29.3 Å². The van der Waals surface area contributed by atoms with Gasteiger partial charge in [0.1, 0.15) is 5.75 Å². The molecule has 1 aliphatic heterocycles. The second kappa shape index (κ2) is 4.64. The lowest BCUT2D eigenvalue weighted by Gasteiger charge is -2.15. The van der Waals surface area contributed by atoms with E-state index in [1.807, 2.05) is 13.1 Å². The second-order valence-electron chi connectivity index (χ2n) is 4.00. The Kier molecular flexibility index (Phi) is 3.23. The monoisotopic (exact) mass is 207 g/mol. The normalized spacial score (nSPS) is 14.1. The largest absolute Gasteiger partial charge is 0.493 e. The highest BCUT2D eigenvalue weighted by atomic mass is 16.5. The molecule has 0 bridgehead atoms. The van der Waals surface area contributed by atoms with Crippen LogP contribution in [0.4, 0.5) is 0 Å². The van der Waals surface area contributed by atoms with E-state index in [2.05, 4.69) is 17.0 Å². The number of likely N-dealkylation sites (N-methyl/N-ethyl adjacent to an activating group) is 1. The first-order valence-corrected chi connectivity index (χ1v) is 5.33. The zero-order valence-electron chi connectivity index (χ0n) is 9.07. The van der Waals surface area contributed by atoms with E-state index >= 15 is 0 Å². The molecule has 1 heterocycles. The first-order valence-electron chi connectivity index (χ1n) is 5.33. The molecule has 0 fully saturated rings. The van der Waals surface area contributed by atoms with Crippen LogP contribution in [-0.4, -0.2) is 36.8 Å². The molecule has 1 aromatic carbocycles. The van der Waals surface area contributed by atoms with E-state index in [0.717, 1.165) is 25.3 Å².